The van der Waals surface area contributed by atoms with Gasteiger partial charge in [-0.1, -0.05) is 18.2 Å². The van der Waals surface area contributed by atoms with E-state index in [1.807, 2.05) is 18.2 Å². The molecule has 1 aromatic carbocycles. The highest BCUT2D eigenvalue weighted by Crippen LogP contribution is 2.12. The van der Waals surface area contributed by atoms with Crippen molar-refractivity contribution in [2.24, 2.45) is 0 Å². The average Bonchev–Trinajstić information content (AvgIpc) is 2.73. The summed E-state index contributed by atoms with van der Waals surface area (Å²) >= 11 is 0. The molecule has 0 fully saturated rings. The van der Waals surface area contributed by atoms with Crippen LogP contribution in [0, 0.1) is 0 Å². The topological polar surface area (TPSA) is 64.2 Å². The van der Waals surface area contributed by atoms with Gasteiger partial charge in [-0.15, -0.1) is 6.58 Å². The molecule has 0 saturated carbocycles. The van der Waals surface area contributed by atoms with Gasteiger partial charge in [0, 0.05) is 19.5 Å². The van der Waals surface area contributed by atoms with Crippen molar-refractivity contribution in [1.82, 2.24) is 9.88 Å². The molecule has 0 aliphatic heterocycles. The van der Waals surface area contributed by atoms with E-state index in [2.05, 4.69) is 11.9 Å². The van der Waals surface area contributed by atoms with Crippen LogP contribution in [-0.4, -0.2) is 17.0 Å². The van der Waals surface area contributed by atoms with Crippen LogP contribution in [0.15, 0.2) is 46.1 Å². The SMILES string of the molecule is C=CCNC(=O)CCCn1c(=O)oc2ccccc21. The van der Waals surface area contributed by atoms with E-state index < -0.39 is 0 Å². The molecular weight excluding hydrogens is 244 g/mol. The van der Waals surface area contributed by atoms with Gasteiger partial charge in [-0.05, 0) is 18.6 Å². The number of aromatic nitrogens is 1. The zero-order chi connectivity index (χ0) is 13.7. The van der Waals surface area contributed by atoms with Crippen LogP contribution in [0.4, 0.5) is 0 Å². The molecule has 2 aromatic rings. The van der Waals surface area contributed by atoms with Gasteiger partial charge < -0.3 is 9.73 Å². The first-order valence-electron chi connectivity index (χ1n) is 6.18. The molecule has 100 valence electrons. The second-order valence-electron chi connectivity index (χ2n) is 4.18. The van der Waals surface area contributed by atoms with Crippen LogP contribution < -0.4 is 11.1 Å². The molecule has 1 heterocycles. The van der Waals surface area contributed by atoms with Gasteiger partial charge >= 0.3 is 5.76 Å². The molecule has 0 radical (unpaired) electrons. The molecule has 5 nitrogen and oxygen atoms in total. The van der Waals surface area contributed by atoms with Crippen molar-refractivity contribution in [1.29, 1.82) is 0 Å². The number of carbonyl (C=O) groups excluding carboxylic acids is 1. The van der Waals surface area contributed by atoms with Crippen molar-refractivity contribution in [2.45, 2.75) is 19.4 Å². The standard InChI is InChI=1S/C14H16N2O3/c1-2-9-15-13(17)8-5-10-16-11-6-3-4-7-12(11)19-14(16)18/h2-4,6-7H,1,5,8-10H2,(H,15,17). The first-order chi connectivity index (χ1) is 9.22. The van der Waals surface area contributed by atoms with Crippen molar-refractivity contribution < 1.29 is 9.21 Å². The van der Waals surface area contributed by atoms with E-state index in [0.29, 0.717) is 31.5 Å². The van der Waals surface area contributed by atoms with Crippen LogP contribution >= 0.6 is 0 Å². The van der Waals surface area contributed by atoms with Crippen LogP contribution in [0.2, 0.25) is 0 Å². The lowest BCUT2D eigenvalue weighted by atomic mass is 10.2. The zero-order valence-corrected chi connectivity index (χ0v) is 10.6. The van der Waals surface area contributed by atoms with Crippen LogP contribution in [0.25, 0.3) is 11.1 Å². The van der Waals surface area contributed by atoms with Crippen molar-refractivity contribution >= 4 is 17.0 Å². The molecule has 0 bridgehead atoms. The Kier molecular flexibility index (Phi) is 4.18. The third-order valence-electron chi connectivity index (χ3n) is 2.80. The van der Waals surface area contributed by atoms with Gasteiger partial charge in [0.2, 0.25) is 5.91 Å². The zero-order valence-electron chi connectivity index (χ0n) is 10.6. The van der Waals surface area contributed by atoms with E-state index in [1.54, 1.807) is 16.7 Å². The Bertz CT molecular complexity index is 639. The number of aryl methyl sites for hydroxylation is 1. The Balaban J connectivity index is 1.98. The summed E-state index contributed by atoms with van der Waals surface area (Å²) in [6, 6.07) is 7.25. The summed E-state index contributed by atoms with van der Waals surface area (Å²) in [5, 5.41) is 2.70. The first kappa shape index (κ1) is 13.1. The lowest BCUT2D eigenvalue weighted by Crippen LogP contribution is -2.23. The fraction of sp³-hybridized carbons (Fsp3) is 0.286. The van der Waals surface area contributed by atoms with E-state index in [1.165, 1.54) is 0 Å². The number of amides is 1. The number of carbonyl (C=O) groups is 1. The number of oxazole rings is 1. The second-order valence-corrected chi connectivity index (χ2v) is 4.18. The minimum atomic E-state index is -0.382. The number of hydrogen-bond acceptors (Lipinski definition) is 3. The Morgan fingerprint density at radius 2 is 2.21 bits per heavy atom. The number of rotatable bonds is 6. The summed E-state index contributed by atoms with van der Waals surface area (Å²) in [7, 11) is 0. The van der Waals surface area contributed by atoms with Gasteiger partial charge in [0.25, 0.3) is 0 Å². The molecule has 1 N–H and O–H groups in total. The Morgan fingerprint density at radius 3 is 3.00 bits per heavy atom. The van der Waals surface area contributed by atoms with Gasteiger partial charge in [0.1, 0.15) is 0 Å². The van der Waals surface area contributed by atoms with Gasteiger partial charge in [0.05, 0.1) is 5.52 Å². The summed E-state index contributed by atoms with van der Waals surface area (Å²) in [6.07, 6.45) is 2.60. The predicted octanol–water partition coefficient (Wildman–Crippen LogP) is 1.68. The quantitative estimate of drug-likeness (QED) is 0.804. The molecular formula is C14H16N2O3. The molecule has 0 saturated heterocycles. The maximum absolute atomic E-state index is 11.7. The molecule has 0 spiro atoms. The van der Waals surface area contributed by atoms with Gasteiger partial charge in [-0.3, -0.25) is 9.36 Å². The fourth-order valence-electron chi connectivity index (χ4n) is 1.90. The van der Waals surface area contributed by atoms with Crippen molar-refractivity contribution in [3.8, 4) is 0 Å². The van der Waals surface area contributed by atoms with Gasteiger partial charge in [-0.2, -0.15) is 0 Å². The average molecular weight is 260 g/mol. The summed E-state index contributed by atoms with van der Waals surface area (Å²) < 4.78 is 6.67. The van der Waals surface area contributed by atoms with Crippen molar-refractivity contribution in [2.75, 3.05) is 6.54 Å². The third-order valence-corrected chi connectivity index (χ3v) is 2.80. The Labute approximate surface area is 110 Å². The molecule has 0 aliphatic carbocycles. The second kappa shape index (κ2) is 6.04. The van der Waals surface area contributed by atoms with Crippen molar-refractivity contribution in [3.63, 3.8) is 0 Å². The molecule has 19 heavy (non-hydrogen) atoms. The smallest absolute Gasteiger partial charge is 0.408 e. The van der Waals surface area contributed by atoms with Crippen LogP contribution in [0.3, 0.4) is 0 Å². The number of benzene rings is 1. The normalized spacial score (nSPS) is 10.5. The number of para-hydroxylation sites is 2. The summed E-state index contributed by atoms with van der Waals surface area (Å²) in [6.45, 7) is 4.46. The van der Waals surface area contributed by atoms with E-state index in [-0.39, 0.29) is 11.7 Å². The molecule has 0 aliphatic rings. The molecule has 1 aromatic heterocycles. The predicted molar refractivity (Wildman–Crippen MR) is 72.9 cm³/mol. The lowest BCUT2D eigenvalue weighted by molar-refractivity contribution is -0.121. The molecule has 1 amide bonds. The summed E-state index contributed by atoms with van der Waals surface area (Å²) in [4.78, 5) is 23.1. The number of hydrogen-bond donors (Lipinski definition) is 1. The third kappa shape index (κ3) is 3.13. The van der Waals surface area contributed by atoms with E-state index in [4.69, 9.17) is 4.42 Å². The van der Waals surface area contributed by atoms with Crippen molar-refractivity contribution in [3.05, 3.63) is 47.5 Å². The molecule has 0 unspecified atom stereocenters. The molecule has 2 rings (SSSR count). The highest BCUT2D eigenvalue weighted by molar-refractivity contribution is 5.76. The van der Waals surface area contributed by atoms with Crippen LogP contribution in [-0.2, 0) is 11.3 Å². The van der Waals surface area contributed by atoms with Gasteiger partial charge in [0.15, 0.2) is 5.58 Å². The number of fused-ring (bicyclic) bond motifs is 1. The molecule has 0 atom stereocenters. The highest BCUT2D eigenvalue weighted by Gasteiger charge is 2.08. The van der Waals surface area contributed by atoms with Crippen LogP contribution in [0.5, 0.6) is 0 Å². The minimum Gasteiger partial charge on any atom is -0.408 e. The largest absolute Gasteiger partial charge is 0.419 e. The van der Waals surface area contributed by atoms with E-state index in [9.17, 15) is 9.59 Å². The number of nitrogens with one attached hydrogen (secondary N) is 1. The maximum Gasteiger partial charge on any atom is 0.419 e. The van der Waals surface area contributed by atoms with Crippen LogP contribution in [0.1, 0.15) is 12.8 Å². The highest BCUT2D eigenvalue weighted by atomic mass is 16.4. The summed E-state index contributed by atoms with van der Waals surface area (Å²) in [5.74, 6) is -0.423. The number of nitrogens with zero attached hydrogens (tertiary/aromatic N) is 1. The molecule has 5 heteroatoms. The fourth-order valence-corrected chi connectivity index (χ4v) is 1.90. The van der Waals surface area contributed by atoms with Gasteiger partial charge in [-0.25, -0.2) is 4.79 Å². The lowest BCUT2D eigenvalue weighted by Gasteiger charge is -2.03. The Hall–Kier alpha value is -2.30. The first-order valence-corrected chi connectivity index (χ1v) is 6.18. The Morgan fingerprint density at radius 1 is 1.42 bits per heavy atom. The minimum absolute atomic E-state index is 0.0410. The summed E-state index contributed by atoms with van der Waals surface area (Å²) in [5.41, 5.74) is 1.34. The van der Waals surface area contributed by atoms with E-state index in [0.717, 1.165) is 5.52 Å². The van der Waals surface area contributed by atoms with E-state index >= 15 is 0 Å². The maximum atomic E-state index is 11.7. The monoisotopic (exact) mass is 260 g/mol.